The molecule has 1 rings (SSSR count). The van der Waals surface area contributed by atoms with Gasteiger partial charge in [-0.25, -0.2) is 0 Å². The Hall–Kier alpha value is -2.19. The lowest BCUT2D eigenvalue weighted by molar-refractivity contribution is -0.145. The van der Waals surface area contributed by atoms with Crippen molar-refractivity contribution in [3.05, 3.63) is 25.3 Å². The second-order valence-corrected chi connectivity index (χ2v) is 9.27. The van der Waals surface area contributed by atoms with Gasteiger partial charge >= 0.3 is 5.97 Å². The fourth-order valence-corrected chi connectivity index (χ4v) is 4.35. The number of amides is 2. The van der Waals surface area contributed by atoms with Crippen LogP contribution in [-0.2, 0) is 23.9 Å². The van der Waals surface area contributed by atoms with Crippen LogP contribution in [0.1, 0.15) is 77.0 Å². The molecule has 0 radical (unpaired) electrons. The van der Waals surface area contributed by atoms with E-state index in [4.69, 9.17) is 14.6 Å². The molecule has 1 aliphatic carbocycles. The minimum Gasteiger partial charge on any atom is -0.463 e. The van der Waals surface area contributed by atoms with Crippen LogP contribution in [0, 0.1) is 11.8 Å². The molecule has 1 aliphatic rings. The van der Waals surface area contributed by atoms with Crippen LogP contribution in [0.15, 0.2) is 25.3 Å². The Kier molecular flexibility index (Phi) is 17.7. The smallest absolute Gasteiger partial charge is 0.305 e. The number of unbranched alkanes of at least 4 members (excludes halogenated alkanes) is 2. The fourth-order valence-electron chi connectivity index (χ4n) is 4.35. The molecule has 0 saturated heterocycles. The average molecular weight is 495 g/mol. The van der Waals surface area contributed by atoms with E-state index in [9.17, 15) is 14.4 Å². The molecular formula is C27H46N2O6. The predicted molar refractivity (Wildman–Crippen MR) is 137 cm³/mol. The summed E-state index contributed by atoms with van der Waals surface area (Å²) in [7, 11) is 0. The number of hydrogen-bond acceptors (Lipinski definition) is 6. The van der Waals surface area contributed by atoms with Crippen molar-refractivity contribution in [2.45, 2.75) is 83.1 Å². The minimum atomic E-state index is -0.547. The summed E-state index contributed by atoms with van der Waals surface area (Å²) in [5.41, 5.74) is 0. The van der Waals surface area contributed by atoms with Crippen LogP contribution in [0.5, 0.6) is 0 Å². The number of ether oxygens (including phenoxy) is 2. The Morgan fingerprint density at radius 3 is 2.51 bits per heavy atom. The molecule has 35 heavy (non-hydrogen) atoms. The van der Waals surface area contributed by atoms with Crippen LogP contribution in [0.25, 0.3) is 0 Å². The van der Waals surface area contributed by atoms with E-state index >= 15 is 0 Å². The first kappa shape index (κ1) is 30.8. The van der Waals surface area contributed by atoms with E-state index < -0.39 is 5.92 Å². The Balaban J connectivity index is 2.62. The summed E-state index contributed by atoms with van der Waals surface area (Å²) in [6.45, 7) is 8.34. The minimum absolute atomic E-state index is 0.0388. The van der Waals surface area contributed by atoms with E-state index in [1.54, 1.807) is 6.08 Å². The molecule has 0 spiro atoms. The van der Waals surface area contributed by atoms with Crippen molar-refractivity contribution in [2.75, 3.05) is 33.0 Å². The fraction of sp³-hybridized carbons (Fsp3) is 0.741. The van der Waals surface area contributed by atoms with E-state index in [-0.39, 0.29) is 50.1 Å². The van der Waals surface area contributed by atoms with E-state index in [0.717, 1.165) is 38.5 Å². The van der Waals surface area contributed by atoms with E-state index in [1.165, 1.54) is 19.3 Å². The molecule has 8 heteroatoms. The highest BCUT2D eigenvalue weighted by Crippen LogP contribution is 2.27. The molecule has 0 aromatic carbocycles. The maximum atomic E-state index is 13.1. The predicted octanol–water partition coefficient (Wildman–Crippen LogP) is 3.44. The van der Waals surface area contributed by atoms with Gasteiger partial charge in [0.15, 0.2) is 0 Å². The third-order valence-electron chi connectivity index (χ3n) is 6.23. The van der Waals surface area contributed by atoms with Crippen LogP contribution < -0.4 is 10.6 Å². The molecule has 0 heterocycles. The lowest BCUT2D eigenvalue weighted by atomic mass is 9.84. The van der Waals surface area contributed by atoms with Crippen molar-refractivity contribution in [3.63, 3.8) is 0 Å². The first-order valence-corrected chi connectivity index (χ1v) is 13.1. The maximum absolute atomic E-state index is 13.1. The Morgan fingerprint density at radius 1 is 1.06 bits per heavy atom. The van der Waals surface area contributed by atoms with Crippen LogP contribution in [0.3, 0.4) is 0 Å². The highest BCUT2D eigenvalue weighted by molar-refractivity contribution is 5.86. The summed E-state index contributed by atoms with van der Waals surface area (Å²) in [4.78, 5) is 37.6. The lowest BCUT2D eigenvalue weighted by Gasteiger charge is -2.28. The molecule has 1 saturated carbocycles. The van der Waals surface area contributed by atoms with Gasteiger partial charge in [-0.3, -0.25) is 14.4 Å². The normalized spacial score (nSPS) is 15.6. The molecule has 0 aliphatic heterocycles. The van der Waals surface area contributed by atoms with Gasteiger partial charge in [0.25, 0.3) is 0 Å². The molecule has 200 valence electrons. The second-order valence-electron chi connectivity index (χ2n) is 9.27. The van der Waals surface area contributed by atoms with Crippen LogP contribution in [-0.4, -0.2) is 61.9 Å². The number of esters is 1. The van der Waals surface area contributed by atoms with Crippen LogP contribution >= 0.6 is 0 Å². The number of allylic oxidation sites excluding steroid dienone is 2. The summed E-state index contributed by atoms with van der Waals surface area (Å²) >= 11 is 0. The van der Waals surface area contributed by atoms with Crippen molar-refractivity contribution in [3.8, 4) is 0 Å². The van der Waals surface area contributed by atoms with E-state index in [1.807, 2.05) is 6.08 Å². The van der Waals surface area contributed by atoms with Crippen molar-refractivity contribution in [1.29, 1.82) is 0 Å². The van der Waals surface area contributed by atoms with Crippen LogP contribution in [0.2, 0.25) is 0 Å². The highest BCUT2D eigenvalue weighted by atomic mass is 16.5. The topological polar surface area (TPSA) is 114 Å². The quantitative estimate of drug-likeness (QED) is 0.136. The van der Waals surface area contributed by atoms with Crippen molar-refractivity contribution in [2.24, 2.45) is 11.8 Å². The summed E-state index contributed by atoms with van der Waals surface area (Å²) in [5.74, 6) is -0.758. The van der Waals surface area contributed by atoms with Crippen LogP contribution in [0.4, 0.5) is 0 Å². The number of nitrogens with one attached hydrogen (secondary N) is 2. The Morgan fingerprint density at radius 2 is 1.83 bits per heavy atom. The molecule has 0 bridgehead atoms. The third kappa shape index (κ3) is 15.4. The zero-order valence-electron chi connectivity index (χ0n) is 21.3. The Bertz CT molecular complexity index is 633. The number of rotatable bonds is 20. The summed E-state index contributed by atoms with van der Waals surface area (Å²) in [5, 5.41) is 14.5. The van der Waals surface area contributed by atoms with E-state index in [2.05, 4.69) is 23.8 Å². The third-order valence-corrected chi connectivity index (χ3v) is 6.23. The standard InChI is InChI=1S/C27H46N2O6/c1-3-5-6-10-14-26(32)35-21-24(19-22-12-8-7-9-13-22)29-27(33)23(11-4-2)20-25(31)28-15-17-34-18-16-30/h3-4,22-24,30H,1-2,5-21H2,(H,28,31)(H,29,33)/t23-,24+/m1/s1. The van der Waals surface area contributed by atoms with Gasteiger partial charge in [0.05, 0.1) is 31.8 Å². The van der Waals surface area contributed by atoms with Gasteiger partial charge < -0.3 is 25.2 Å². The van der Waals surface area contributed by atoms with Gasteiger partial charge in [-0.05, 0) is 38.0 Å². The molecule has 2 atom stereocenters. The number of carbonyl (C=O) groups excluding carboxylic acids is 3. The molecular weight excluding hydrogens is 448 g/mol. The lowest BCUT2D eigenvalue weighted by Crippen LogP contribution is -2.44. The van der Waals surface area contributed by atoms with Gasteiger partial charge in [0.1, 0.15) is 6.61 Å². The maximum Gasteiger partial charge on any atom is 0.305 e. The Labute approximate surface area is 210 Å². The zero-order chi connectivity index (χ0) is 25.7. The number of hydrogen-bond donors (Lipinski definition) is 3. The molecule has 8 nitrogen and oxygen atoms in total. The molecule has 0 aromatic rings. The van der Waals surface area contributed by atoms with Gasteiger partial charge in [0.2, 0.25) is 11.8 Å². The van der Waals surface area contributed by atoms with Gasteiger partial charge in [-0.15, -0.1) is 13.2 Å². The molecule has 1 fully saturated rings. The highest BCUT2D eigenvalue weighted by Gasteiger charge is 2.26. The van der Waals surface area contributed by atoms with Crippen molar-refractivity contribution < 1.29 is 29.0 Å². The zero-order valence-corrected chi connectivity index (χ0v) is 21.3. The summed E-state index contributed by atoms with van der Waals surface area (Å²) in [6, 6.07) is -0.273. The van der Waals surface area contributed by atoms with E-state index in [0.29, 0.717) is 31.9 Å². The largest absolute Gasteiger partial charge is 0.463 e. The average Bonchev–Trinajstić information content (AvgIpc) is 2.85. The molecule has 2 amide bonds. The second kappa shape index (κ2) is 20.0. The van der Waals surface area contributed by atoms with Gasteiger partial charge in [-0.1, -0.05) is 44.3 Å². The molecule has 0 unspecified atom stereocenters. The van der Waals surface area contributed by atoms with Gasteiger partial charge in [-0.2, -0.15) is 0 Å². The number of aliphatic hydroxyl groups is 1. The van der Waals surface area contributed by atoms with Gasteiger partial charge in [0, 0.05) is 19.4 Å². The summed E-state index contributed by atoms with van der Waals surface area (Å²) < 4.78 is 10.7. The molecule has 3 N–H and O–H groups in total. The first-order valence-electron chi connectivity index (χ1n) is 13.1. The number of carbonyl (C=O) groups is 3. The SMILES string of the molecule is C=CCCCCC(=O)OC[C@H](CC1CCCCC1)NC(=O)[C@H](CC=C)CC(=O)NCCOCCO. The van der Waals surface area contributed by atoms with Crippen molar-refractivity contribution >= 4 is 17.8 Å². The summed E-state index contributed by atoms with van der Waals surface area (Å²) in [6.07, 6.45) is 13.4. The number of aliphatic hydroxyl groups excluding tert-OH is 1. The molecule has 0 aromatic heterocycles. The monoisotopic (exact) mass is 494 g/mol. The van der Waals surface area contributed by atoms with Crippen molar-refractivity contribution in [1.82, 2.24) is 10.6 Å². The first-order chi connectivity index (χ1) is 17.0.